The van der Waals surface area contributed by atoms with E-state index >= 15 is 0 Å². The molecule has 0 saturated carbocycles. The zero-order chi connectivity index (χ0) is 17.8. The zero-order valence-electron chi connectivity index (χ0n) is 15.0. The van der Waals surface area contributed by atoms with Crippen LogP contribution in [0.25, 0.3) is 0 Å². The van der Waals surface area contributed by atoms with Crippen LogP contribution >= 0.6 is 0 Å². The standard InChI is InChI=1S/C18H36O6/c1-2-3-4-5-6-7-8-9-10-11-12-23-18-17(22)16(21)15(20)14(13-19)24-18/h14-22H,2-13H2,1H3/t14-,15-,16-,17-,18-/m1/s1. The van der Waals surface area contributed by atoms with Gasteiger partial charge in [0.25, 0.3) is 0 Å². The quantitative estimate of drug-likeness (QED) is 0.378. The molecule has 0 aromatic heterocycles. The van der Waals surface area contributed by atoms with Crippen LogP contribution in [0.4, 0.5) is 0 Å². The number of aliphatic hydroxyl groups is 4. The summed E-state index contributed by atoms with van der Waals surface area (Å²) in [7, 11) is 0. The Kier molecular flexibility index (Phi) is 11.8. The third-order valence-corrected chi connectivity index (χ3v) is 4.63. The zero-order valence-corrected chi connectivity index (χ0v) is 15.0. The second kappa shape index (κ2) is 13.0. The van der Waals surface area contributed by atoms with Crippen LogP contribution in [0.1, 0.15) is 71.1 Å². The predicted octanol–water partition coefficient (Wildman–Crippen LogP) is 1.72. The molecular formula is C18H36O6. The Morgan fingerprint density at radius 2 is 1.29 bits per heavy atom. The minimum absolute atomic E-state index is 0.428. The maximum Gasteiger partial charge on any atom is 0.186 e. The van der Waals surface area contributed by atoms with E-state index in [2.05, 4.69) is 6.92 Å². The summed E-state index contributed by atoms with van der Waals surface area (Å²) in [5.41, 5.74) is 0. The highest BCUT2D eigenvalue weighted by molar-refractivity contribution is 4.88. The van der Waals surface area contributed by atoms with Gasteiger partial charge < -0.3 is 29.9 Å². The lowest BCUT2D eigenvalue weighted by molar-refractivity contribution is -0.301. The first-order valence-electron chi connectivity index (χ1n) is 9.54. The van der Waals surface area contributed by atoms with E-state index < -0.39 is 37.3 Å². The van der Waals surface area contributed by atoms with Crippen LogP contribution in [0.15, 0.2) is 0 Å². The van der Waals surface area contributed by atoms with Crippen molar-refractivity contribution in [3.05, 3.63) is 0 Å². The highest BCUT2D eigenvalue weighted by Gasteiger charge is 2.43. The Bertz CT molecular complexity index is 299. The van der Waals surface area contributed by atoms with Crippen LogP contribution in [-0.2, 0) is 9.47 Å². The second-order valence-electron chi connectivity index (χ2n) is 6.75. The molecule has 24 heavy (non-hydrogen) atoms. The average molecular weight is 348 g/mol. The fourth-order valence-corrected chi connectivity index (χ4v) is 2.99. The van der Waals surface area contributed by atoms with Crippen LogP contribution < -0.4 is 0 Å². The van der Waals surface area contributed by atoms with Gasteiger partial charge in [-0.25, -0.2) is 0 Å². The van der Waals surface area contributed by atoms with E-state index in [0.29, 0.717) is 6.61 Å². The fraction of sp³-hybridized carbons (Fsp3) is 1.00. The normalized spacial score (nSPS) is 30.6. The van der Waals surface area contributed by atoms with Gasteiger partial charge in [-0.15, -0.1) is 0 Å². The van der Waals surface area contributed by atoms with Crippen molar-refractivity contribution < 1.29 is 29.9 Å². The average Bonchev–Trinajstić information content (AvgIpc) is 2.59. The summed E-state index contributed by atoms with van der Waals surface area (Å²) in [4.78, 5) is 0. The molecule has 0 amide bonds. The van der Waals surface area contributed by atoms with Gasteiger partial charge in [-0.2, -0.15) is 0 Å². The number of hydrogen-bond acceptors (Lipinski definition) is 6. The number of unbranched alkanes of at least 4 members (excludes halogenated alkanes) is 9. The van der Waals surface area contributed by atoms with E-state index in [1.165, 1.54) is 51.4 Å². The molecule has 5 atom stereocenters. The molecule has 1 fully saturated rings. The van der Waals surface area contributed by atoms with Gasteiger partial charge in [-0.1, -0.05) is 64.7 Å². The topological polar surface area (TPSA) is 99.4 Å². The van der Waals surface area contributed by atoms with Crippen molar-refractivity contribution in [1.29, 1.82) is 0 Å². The van der Waals surface area contributed by atoms with Crippen LogP contribution in [-0.4, -0.2) is 64.3 Å². The number of aliphatic hydroxyl groups excluding tert-OH is 4. The number of hydrogen-bond donors (Lipinski definition) is 4. The summed E-state index contributed by atoms with van der Waals surface area (Å²) in [5.74, 6) is 0. The van der Waals surface area contributed by atoms with Crippen LogP contribution in [0.2, 0.25) is 0 Å². The van der Waals surface area contributed by atoms with Gasteiger partial charge in [0, 0.05) is 6.61 Å². The summed E-state index contributed by atoms with van der Waals surface area (Å²) in [6.07, 6.45) is 6.37. The third-order valence-electron chi connectivity index (χ3n) is 4.63. The Balaban J connectivity index is 2.02. The molecule has 1 saturated heterocycles. The summed E-state index contributed by atoms with van der Waals surface area (Å²) in [5, 5.41) is 38.3. The van der Waals surface area contributed by atoms with Gasteiger partial charge in [0.15, 0.2) is 6.29 Å². The van der Waals surface area contributed by atoms with Gasteiger partial charge in [-0.05, 0) is 6.42 Å². The molecule has 6 heteroatoms. The van der Waals surface area contributed by atoms with Crippen molar-refractivity contribution in [2.75, 3.05) is 13.2 Å². The highest BCUT2D eigenvalue weighted by Crippen LogP contribution is 2.22. The molecule has 0 spiro atoms. The smallest absolute Gasteiger partial charge is 0.186 e. The molecule has 0 aromatic carbocycles. The van der Waals surface area contributed by atoms with Gasteiger partial charge >= 0.3 is 0 Å². The van der Waals surface area contributed by atoms with Crippen molar-refractivity contribution in [3.63, 3.8) is 0 Å². The molecule has 0 bridgehead atoms. The van der Waals surface area contributed by atoms with Crippen molar-refractivity contribution in [2.24, 2.45) is 0 Å². The predicted molar refractivity (Wildman–Crippen MR) is 91.6 cm³/mol. The molecule has 0 aliphatic carbocycles. The van der Waals surface area contributed by atoms with Gasteiger partial charge in [0.1, 0.15) is 24.4 Å². The Morgan fingerprint density at radius 3 is 1.83 bits per heavy atom. The summed E-state index contributed by atoms with van der Waals surface area (Å²) >= 11 is 0. The lowest BCUT2D eigenvalue weighted by atomic mass is 9.99. The molecule has 0 unspecified atom stereocenters. The van der Waals surface area contributed by atoms with E-state index in [1.54, 1.807) is 0 Å². The van der Waals surface area contributed by atoms with Crippen LogP contribution in [0.5, 0.6) is 0 Å². The Morgan fingerprint density at radius 1 is 0.750 bits per heavy atom. The minimum Gasteiger partial charge on any atom is -0.394 e. The van der Waals surface area contributed by atoms with Crippen LogP contribution in [0, 0.1) is 0 Å². The molecule has 0 radical (unpaired) electrons. The van der Waals surface area contributed by atoms with Gasteiger partial charge in [0.05, 0.1) is 6.61 Å². The SMILES string of the molecule is CCCCCCCCCCCCO[C@@H]1O[C@H](CO)[C@@H](O)[C@@H](O)[C@H]1O. The second-order valence-corrected chi connectivity index (χ2v) is 6.75. The van der Waals surface area contributed by atoms with Crippen molar-refractivity contribution >= 4 is 0 Å². The fourth-order valence-electron chi connectivity index (χ4n) is 2.99. The first-order chi connectivity index (χ1) is 11.6. The first-order valence-corrected chi connectivity index (χ1v) is 9.54. The summed E-state index contributed by atoms with van der Waals surface area (Å²) in [6.45, 7) is 2.23. The molecule has 0 aromatic rings. The summed E-state index contributed by atoms with van der Waals surface area (Å²) in [6, 6.07) is 0. The maximum absolute atomic E-state index is 9.84. The maximum atomic E-state index is 9.84. The van der Waals surface area contributed by atoms with Crippen molar-refractivity contribution in [3.8, 4) is 0 Å². The largest absolute Gasteiger partial charge is 0.394 e. The van der Waals surface area contributed by atoms with E-state index in [9.17, 15) is 15.3 Å². The van der Waals surface area contributed by atoms with Crippen LogP contribution in [0.3, 0.4) is 0 Å². The van der Waals surface area contributed by atoms with Gasteiger partial charge in [-0.3, -0.25) is 0 Å². The molecule has 6 nitrogen and oxygen atoms in total. The summed E-state index contributed by atoms with van der Waals surface area (Å²) < 4.78 is 10.8. The number of rotatable bonds is 13. The molecule has 1 heterocycles. The lowest BCUT2D eigenvalue weighted by Crippen LogP contribution is -2.59. The van der Waals surface area contributed by atoms with Gasteiger partial charge in [0.2, 0.25) is 0 Å². The minimum atomic E-state index is -1.37. The van der Waals surface area contributed by atoms with Crippen molar-refractivity contribution in [1.82, 2.24) is 0 Å². The number of ether oxygens (including phenoxy) is 2. The Hall–Kier alpha value is -0.240. The van der Waals surface area contributed by atoms with Crippen molar-refractivity contribution in [2.45, 2.75) is 102 Å². The van der Waals surface area contributed by atoms with E-state index in [1.807, 2.05) is 0 Å². The Labute approximate surface area is 145 Å². The molecular weight excluding hydrogens is 312 g/mol. The lowest BCUT2D eigenvalue weighted by Gasteiger charge is -2.39. The van der Waals surface area contributed by atoms with E-state index in [0.717, 1.165) is 12.8 Å². The third kappa shape index (κ3) is 7.76. The monoisotopic (exact) mass is 348 g/mol. The molecule has 1 aliphatic heterocycles. The van der Waals surface area contributed by atoms with E-state index in [4.69, 9.17) is 14.6 Å². The molecule has 144 valence electrons. The molecule has 1 rings (SSSR count). The molecule has 1 aliphatic rings. The first kappa shape index (κ1) is 21.8. The van der Waals surface area contributed by atoms with E-state index in [-0.39, 0.29) is 0 Å². The highest BCUT2D eigenvalue weighted by atomic mass is 16.7. The molecule has 4 N–H and O–H groups in total.